The summed E-state index contributed by atoms with van der Waals surface area (Å²) in [7, 11) is 0. The van der Waals surface area contributed by atoms with Crippen LogP contribution in [0.5, 0.6) is 0 Å². The standard InChI is InChI=1S/C15H21FN2O.ClH/c1-11-2-3-13(8-14(11)16)10-18-15(19)5-4-12-6-7-17-9-12;/h2-3,8,12,17H,4-7,9-10H2,1H3,(H,18,19);1H. The number of amides is 1. The van der Waals surface area contributed by atoms with Crippen molar-refractivity contribution >= 4 is 18.3 Å². The molecule has 1 aromatic carbocycles. The minimum atomic E-state index is -0.219. The number of nitrogens with one attached hydrogen (secondary N) is 2. The Balaban J connectivity index is 0.00000200. The molecule has 1 heterocycles. The fraction of sp³-hybridized carbons (Fsp3) is 0.533. The first kappa shape index (κ1) is 16.9. The van der Waals surface area contributed by atoms with Gasteiger partial charge in [-0.2, -0.15) is 0 Å². The third kappa shape index (κ3) is 5.10. The fourth-order valence-corrected chi connectivity index (χ4v) is 2.33. The zero-order valence-electron chi connectivity index (χ0n) is 11.7. The molecule has 1 aliphatic heterocycles. The molecule has 0 saturated carbocycles. The summed E-state index contributed by atoms with van der Waals surface area (Å²) < 4.78 is 13.3. The summed E-state index contributed by atoms with van der Waals surface area (Å²) >= 11 is 0. The van der Waals surface area contributed by atoms with E-state index in [0.717, 1.165) is 31.5 Å². The maximum Gasteiger partial charge on any atom is 0.220 e. The van der Waals surface area contributed by atoms with Gasteiger partial charge in [0.2, 0.25) is 5.91 Å². The van der Waals surface area contributed by atoms with E-state index in [1.54, 1.807) is 13.0 Å². The maximum absolute atomic E-state index is 13.3. The second-order valence-electron chi connectivity index (χ2n) is 5.26. The monoisotopic (exact) mass is 300 g/mol. The van der Waals surface area contributed by atoms with Gasteiger partial charge in [-0.1, -0.05) is 12.1 Å². The largest absolute Gasteiger partial charge is 0.352 e. The van der Waals surface area contributed by atoms with E-state index in [1.165, 1.54) is 6.07 Å². The predicted octanol–water partition coefficient (Wildman–Crippen LogP) is 2.56. The first-order valence-corrected chi connectivity index (χ1v) is 6.87. The van der Waals surface area contributed by atoms with Crippen LogP contribution in [0.3, 0.4) is 0 Å². The molecule has 1 atom stereocenters. The lowest BCUT2D eigenvalue weighted by Crippen LogP contribution is -2.23. The number of hydrogen-bond donors (Lipinski definition) is 2. The molecule has 1 unspecified atom stereocenters. The number of carbonyl (C=O) groups excluding carboxylic acids is 1. The Hall–Kier alpha value is -1.13. The molecule has 1 aromatic rings. The van der Waals surface area contributed by atoms with Crippen LogP contribution in [0.15, 0.2) is 18.2 Å². The lowest BCUT2D eigenvalue weighted by atomic mass is 10.0. The van der Waals surface area contributed by atoms with E-state index in [4.69, 9.17) is 0 Å². The Bertz CT molecular complexity index is 447. The molecule has 0 radical (unpaired) electrons. The van der Waals surface area contributed by atoms with Gasteiger partial charge in [-0.05, 0) is 56.0 Å². The molecule has 2 N–H and O–H groups in total. The van der Waals surface area contributed by atoms with Gasteiger partial charge in [0.05, 0.1) is 0 Å². The lowest BCUT2D eigenvalue weighted by molar-refractivity contribution is -0.121. The van der Waals surface area contributed by atoms with E-state index in [-0.39, 0.29) is 24.1 Å². The number of carbonyl (C=O) groups is 1. The van der Waals surface area contributed by atoms with Gasteiger partial charge < -0.3 is 10.6 Å². The van der Waals surface area contributed by atoms with Crippen LogP contribution in [-0.4, -0.2) is 19.0 Å². The highest BCUT2D eigenvalue weighted by Crippen LogP contribution is 2.14. The van der Waals surface area contributed by atoms with E-state index in [2.05, 4.69) is 10.6 Å². The van der Waals surface area contributed by atoms with Gasteiger partial charge in [-0.25, -0.2) is 4.39 Å². The average molecular weight is 301 g/mol. The van der Waals surface area contributed by atoms with Crippen molar-refractivity contribution < 1.29 is 9.18 Å². The highest BCUT2D eigenvalue weighted by Gasteiger charge is 2.15. The van der Waals surface area contributed by atoms with Crippen LogP contribution in [-0.2, 0) is 11.3 Å². The van der Waals surface area contributed by atoms with Crippen LogP contribution in [0.25, 0.3) is 0 Å². The molecule has 1 saturated heterocycles. The summed E-state index contributed by atoms with van der Waals surface area (Å²) in [6, 6.07) is 5.07. The van der Waals surface area contributed by atoms with Crippen molar-refractivity contribution in [2.75, 3.05) is 13.1 Å². The lowest BCUT2D eigenvalue weighted by Gasteiger charge is -2.09. The van der Waals surface area contributed by atoms with Crippen molar-refractivity contribution in [2.45, 2.75) is 32.7 Å². The SMILES string of the molecule is Cc1ccc(CNC(=O)CCC2CCNC2)cc1F.Cl. The van der Waals surface area contributed by atoms with E-state index in [9.17, 15) is 9.18 Å². The van der Waals surface area contributed by atoms with E-state index < -0.39 is 0 Å². The molecule has 5 heteroatoms. The molecular formula is C15H22ClFN2O. The third-order valence-corrected chi connectivity index (χ3v) is 3.67. The van der Waals surface area contributed by atoms with Crippen LogP contribution >= 0.6 is 12.4 Å². The molecule has 2 rings (SSSR count). The smallest absolute Gasteiger partial charge is 0.220 e. The van der Waals surface area contributed by atoms with Crippen molar-refractivity contribution in [2.24, 2.45) is 5.92 Å². The highest BCUT2D eigenvalue weighted by atomic mass is 35.5. The van der Waals surface area contributed by atoms with Crippen molar-refractivity contribution in [3.63, 3.8) is 0 Å². The maximum atomic E-state index is 13.3. The Morgan fingerprint density at radius 1 is 1.50 bits per heavy atom. The zero-order chi connectivity index (χ0) is 13.7. The summed E-state index contributed by atoms with van der Waals surface area (Å²) in [6.45, 7) is 4.22. The van der Waals surface area contributed by atoms with E-state index in [1.807, 2.05) is 6.07 Å². The average Bonchev–Trinajstić information content (AvgIpc) is 2.91. The molecule has 1 amide bonds. The van der Waals surface area contributed by atoms with Crippen LogP contribution in [0.2, 0.25) is 0 Å². The van der Waals surface area contributed by atoms with Gasteiger partial charge in [0.25, 0.3) is 0 Å². The normalized spacial score (nSPS) is 17.6. The molecule has 0 aromatic heterocycles. The zero-order valence-corrected chi connectivity index (χ0v) is 12.6. The van der Waals surface area contributed by atoms with E-state index >= 15 is 0 Å². The van der Waals surface area contributed by atoms with Gasteiger partial charge in [-0.3, -0.25) is 4.79 Å². The minimum Gasteiger partial charge on any atom is -0.352 e. The van der Waals surface area contributed by atoms with Gasteiger partial charge in [0.15, 0.2) is 0 Å². The van der Waals surface area contributed by atoms with Crippen LogP contribution in [0, 0.1) is 18.7 Å². The van der Waals surface area contributed by atoms with Crippen LogP contribution < -0.4 is 10.6 Å². The molecule has 0 bridgehead atoms. The van der Waals surface area contributed by atoms with Crippen molar-refractivity contribution in [3.05, 3.63) is 35.1 Å². The van der Waals surface area contributed by atoms with Gasteiger partial charge in [0.1, 0.15) is 5.82 Å². The predicted molar refractivity (Wildman–Crippen MR) is 80.4 cm³/mol. The number of rotatable bonds is 5. The van der Waals surface area contributed by atoms with Crippen molar-refractivity contribution in [1.29, 1.82) is 0 Å². The van der Waals surface area contributed by atoms with Crippen molar-refractivity contribution in [1.82, 2.24) is 10.6 Å². The summed E-state index contributed by atoms with van der Waals surface area (Å²) in [5.41, 5.74) is 1.43. The molecule has 112 valence electrons. The Morgan fingerprint density at radius 3 is 2.95 bits per heavy atom. The fourth-order valence-electron chi connectivity index (χ4n) is 2.33. The summed E-state index contributed by atoms with van der Waals surface area (Å²) in [5, 5.41) is 6.14. The summed E-state index contributed by atoms with van der Waals surface area (Å²) in [4.78, 5) is 11.7. The number of halogens is 2. The number of hydrogen-bond acceptors (Lipinski definition) is 2. The molecule has 1 fully saturated rings. The molecule has 3 nitrogen and oxygen atoms in total. The quantitative estimate of drug-likeness (QED) is 0.877. The van der Waals surface area contributed by atoms with Crippen molar-refractivity contribution in [3.8, 4) is 0 Å². The first-order chi connectivity index (χ1) is 9.15. The molecule has 20 heavy (non-hydrogen) atoms. The molecule has 1 aliphatic rings. The Kier molecular flexibility index (Phi) is 6.96. The molecular weight excluding hydrogens is 279 g/mol. The third-order valence-electron chi connectivity index (χ3n) is 3.67. The summed E-state index contributed by atoms with van der Waals surface area (Å²) in [6.07, 6.45) is 2.65. The topological polar surface area (TPSA) is 41.1 Å². The first-order valence-electron chi connectivity index (χ1n) is 6.87. The number of benzene rings is 1. The molecule has 0 aliphatic carbocycles. The second kappa shape index (κ2) is 8.22. The van der Waals surface area contributed by atoms with E-state index in [0.29, 0.717) is 24.4 Å². The minimum absolute atomic E-state index is 0. The molecule has 0 spiro atoms. The second-order valence-corrected chi connectivity index (χ2v) is 5.26. The van der Waals surface area contributed by atoms with Gasteiger partial charge >= 0.3 is 0 Å². The highest BCUT2D eigenvalue weighted by molar-refractivity contribution is 5.85. The Labute approximate surface area is 125 Å². The van der Waals surface area contributed by atoms with Gasteiger partial charge in [-0.15, -0.1) is 12.4 Å². The van der Waals surface area contributed by atoms with Crippen LogP contribution in [0.4, 0.5) is 4.39 Å². The summed E-state index contributed by atoms with van der Waals surface area (Å²) in [5.74, 6) is 0.458. The Morgan fingerprint density at radius 2 is 2.30 bits per heavy atom. The van der Waals surface area contributed by atoms with Crippen LogP contribution in [0.1, 0.15) is 30.4 Å². The number of aryl methyl sites for hydroxylation is 1. The van der Waals surface area contributed by atoms with Gasteiger partial charge in [0, 0.05) is 13.0 Å².